The van der Waals surface area contributed by atoms with Gasteiger partial charge in [-0.3, -0.25) is 14.5 Å². The summed E-state index contributed by atoms with van der Waals surface area (Å²) in [5, 5.41) is 4.70. The third kappa shape index (κ3) is 6.40. The first-order valence-corrected chi connectivity index (χ1v) is 10.9. The Labute approximate surface area is 178 Å². The maximum atomic E-state index is 12.6. The molecule has 1 N–H and O–H groups in total. The highest BCUT2D eigenvalue weighted by atomic mass is 32.1. The smallest absolute Gasteiger partial charge is 0.326 e. The van der Waals surface area contributed by atoms with Crippen LogP contribution in [0.2, 0.25) is 0 Å². The van der Waals surface area contributed by atoms with E-state index in [1.54, 1.807) is 6.92 Å². The number of rotatable bonds is 7. The number of carbonyl (C=O) groups is 2. The second kappa shape index (κ2) is 9.75. The number of halogens is 3. The van der Waals surface area contributed by atoms with Crippen LogP contribution in [0, 0.1) is 5.92 Å². The second-order valence-electron chi connectivity index (χ2n) is 7.78. The van der Waals surface area contributed by atoms with Crippen LogP contribution in [0.5, 0.6) is 0 Å². The van der Waals surface area contributed by atoms with E-state index in [9.17, 15) is 22.8 Å². The molecule has 1 fully saturated rings. The Bertz CT molecular complexity index is 877. The molecule has 0 spiro atoms. The van der Waals surface area contributed by atoms with E-state index in [4.69, 9.17) is 0 Å². The van der Waals surface area contributed by atoms with Crippen molar-refractivity contribution >= 4 is 28.7 Å². The molecule has 1 aliphatic heterocycles. The summed E-state index contributed by atoms with van der Waals surface area (Å²) in [6.45, 7) is 4.28. The van der Waals surface area contributed by atoms with Crippen LogP contribution >= 0.6 is 11.3 Å². The number of nitrogens with one attached hydrogen (secondary N) is 1. The van der Waals surface area contributed by atoms with Crippen LogP contribution in [0.3, 0.4) is 0 Å². The number of hydrogen-bond donors (Lipinski definition) is 1. The number of nitrogens with zero attached hydrogens (tertiary/aromatic N) is 1. The number of hydrogen-bond acceptors (Lipinski definition) is 4. The van der Waals surface area contributed by atoms with E-state index in [0.717, 1.165) is 61.5 Å². The van der Waals surface area contributed by atoms with Crippen LogP contribution in [0.1, 0.15) is 53.4 Å². The minimum absolute atomic E-state index is 0.0850. The van der Waals surface area contributed by atoms with Crippen molar-refractivity contribution in [2.24, 2.45) is 5.92 Å². The average Bonchev–Trinajstić information content (AvgIpc) is 3.15. The van der Waals surface area contributed by atoms with E-state index in [-0.39, 0.29) is 11.7 Å². The number of ketones is 1. The van der Waals surface area contributed by atoms with Crippen molar-refractivity contribution in [2.45, 2.75) is 45.3 Å². The van der Waals surface area contributed by atoms with Gasteiger partial charge in [0.1, 0.15) is 0 Å². The number of Topliss-reactive ketones (excluding diaryl/α,β-unsaturated/α-hetero) is 1. The molecule has 1 saturated heterocycles. The van der Waals surface area contributed by atoms with Crippen molar-refractivity contribution < 1.29 is 22.8 Å². The highest BCUT2D eigenvalue weighted by molar-refractivity contribution is 7.12. The molecule has 30 heavy (non-hydrogen) atoms. The van der Waals surface area contributed by atoms with Crippen LogP contribution in [0.4, 0.5) is 18.9 Å². The van der Waals surface area contributed by atoms with Gasteiger partial charge < -0.3 is 5.32 Å². The number of piperidine rings is 1. The molecule has 0 aliphatic carbocycles. The van der Waals surface area contributed by atoms with Crippen molar-refractivity contribution in [1.82, 2.24) is 4.90 Å². The number of amides is 1. The molecule has 0 unspecified atom stereocenters. The quantitative estimate of drug-likeness (QED) is 0.573. The Balaban J connectivity index is 1.44. The molecule has 4 nitrogen and oxygen atoms in total. The maximum absolute atomic E-state index is 12.6. The number of alkyl halides is 3. The molecule has 162 valence electrons. The van der Waals surface area contributed by atoms with Gasteiger partial charge in [0.15, 0.2) is 5.78 Å². The second-order valence-corrected chi connectivity index (χ2v) is 8.69. The Kier molecular flexibility index (Phi) is 7.31. The molecular formula is C22H25F3N2O2S. The van der Waals surface area contributed by atoms with Gasteiger partial charge in [0.25, 0.3) is 0 Å². The van der Waals surface area contributed by atoms with E-state index in [1.165, 1.54) is 23.5 Å². The summed E-state index contributed by atoms with van der Waals surface area (Å²) >= 11 is 1.47. The van der Waals surface area contributed by atoms with Gasteiger partial charge in [-0.2, -0.15) is 13.2 Å². The fraction of sp³-hybridized carbons (Fsp3) is 0.455. The predicted molar refractivity (Wildman–Crippen MR) is 112 cm³/mol. The summed E-state index contributed by atoms with van der Waals surface area (Å²) in [7, 11) is 0. The lowest BCUT2D eigenvalue weighted by Crippen LogP contribution is -2.35. The van der Waals surface area contributed by atoms with Crippen LogP contribution in [-0.4, -0.2) is 29.7 Å². The van der Waals surface area contributed by atoms with Crippen molar-refractivity contribution in [3.63, 3.8) is 0 Å². The van der Waals surface area contributed by atoms with E-state index >= 15 is 0 Å². The Hall–Kier alpha value is -2.19. The van der Waals surface area contributed by atoms with Crippen LogP contribution < -0.4 is 5.32 Å². The zero-order chi connectivity index (χ0) is 21.7. The van der Waals surface area contributed by atoms with Gasteiger partial charge in [0.05, 0.1) is 10.4 Å². The summed E-state index contributed by atoms with van der Waals surface area (Å²) in [6.07, 6.45) is -1.18. The van der Waals surface area contributed by atoms with Gasteiger partial charge in [0, 0.05) is 25.2 Å². The van der Waals surface area contributed by atoms with Gasteiger partial charge in [-0.05, 0) is 79.9 Å². The van der Waals surface area contributed by atoms with Gasteiger partial charge in [-0.15, -0.1) is 11.3 Å². The lowest BCUT2D eigenvalue weighted by atomic mass is 9.93. The molecule has 8 heteroatoms. The molecule has 1 aromatic carbocycles. The number of thiophene rings is 1. The van der Waals surface area contributed by atoms with Crippen molar-refractivity contribution in [1.29, 1.82) is 0 Å². The number of carbonyl (C=O) groups excluding carboxylic acids is 2. The summed E-state index contributed by atoms with van der Waals surface area (Å²) in [6, 6.07) is 6.44. The van der Waals surface area contributed by atoms with E-state index in [1.807, 2.05) is 11.4 Å². The summed E-state index contributed by atoms with van der Waals surface area (Å²) in [5.41, 5.74) is 0.784. The molecular weight excluding hydrogens is 413 g/mol. The average molecular weight is 439 g/mol. The minimum Gasteiger partial charge on any atom is -0.326 e. The number of likely N-dealkylation sites (tertiary alicyclic amines) is 1. The number of anilines is 1. The standard InChI is InChI=1S/C22H25F3N2O2S/c1-15(28)20-11-17(14-30-20)13-27-10-2-3-16(12-27)4-9-21(29)26-19-7-5-18(6-8-19)22(23,24)25/h5-8,11,14,16H,2-4,9-10,12-13H2,1H3,(H,26,29)/t16-/m1/s1. The fourth-order valence-electron chi connectivity index (χ4n) is 3.73. The van der Waals surface area contributed by atoms with E-state index in [0.29, 0.717) is 18.0 Å². The van der Waals surface area contributed by atoms with E-state index in [2.05, 4.69) is 10.2 Å². The summed E-state index contributed by atoms with van der Waals surface area (Å²) in [5.74, 6) is 0.306. The lowest BCUT2D eigenvalue weighted by Gasteiger charge is -2.32. The van der Waals surface area contributed by atoms with Gasteiger partial charge in [0.2, 0.25) is 5.91 Å². The number of benzene rings is 1. The van der Waals surface area contributed by atoms with Gasteiger partial charge >= 0.3 is 6.18 Å². The summed E-state index contributed by atoms with van der Waals surface area (Å²) < 4.78 is 37.8. The third-order valence-corrected chi connectivity index (χ3v) is 6.37. The molecule has 3 rings (SSSR count). The zero-order valence-corrected chi connectivity index (χ0v) is 17.6. The minimum atomic E-state index is -4.38. The molecule has 1 amide bonds. The zero-order valence-electron chi connectivity index (χ0n) is 16.8. The first-order valence-electron chi connectivity index (χ1n) is 9.98. The molecule has 0 saturated carbocycles. The maximum Gasteiger partial charge on any atom is 0.416 e. The third-order valence-electron chi connectivity index (χ3n) is 5.29. The first-order chi connectivity index (χ1) is 14.2. The fourth-order valence-corrected chi connectivity index (χ4v) is 4.54. The van der Waals surface area contributed by atoms with Crippen LogP contribution in [0.25, 0.3) is 0 Å². The molecule has 1 aromatic heterocycles. The Morgan fingerprint density at radius 1 is 1.23 bits per heavy atom. The molecule has 1 atom stereocenters. The highest BCUT2D eigenvalue weighted by Gasteiger charge is 2.30. The normalized spacial score (nSPS) is 17.7. The lowest BCUT2D eigenvalue weighted by molar-refractivity contribution is -0.137. The molecule has 0 radical (unpaired) electrons. The highest BCUT2D eigenvalue weighted by Crippen LogP contribution is 2.30. The molecule has 2 heterocycles. The largest absolute Gasteiger partial charge is 0.416 e. The van der Waals surface area contributed by atoms with Crippen LogP contribution in [-0.2, 0) is 17.5 Å². The SMILES string of the molecule is CC(=O)c1cc(CN2CCC[C@H](CCC(=O)Nc3ccc(C(F)(F)F)cc3)C2)cs1. The van der Waals surface area contributed by atoms with Crippen LogP contribution in [0.15, 0.2) is 35.7 Å². The monoisotopic (exact) mass is 438 g/mol. The molecule has 1 aliphatic rings. The first kappa shape index (κ1) is 22.5. The Morgan fingerprint density at radius 2 is 1.97 bits per heavy atom. The Morgan fingerprint density at radius 3 is 2.60 bits per heavy atom. The van der Waals surface area contributed by atoms with Gasteiger partial charge in [-0.25, -0.2) is 0 Å². The topological polar surface area (TPSA) is 49.4 Å². The van der Waals surface area contributed by atoms with Crippen molar-refractivity contribution in [2.75, 3.05) is 18.4 Å². The molecule has 2 aromatic rings. The molecule has 0 bridgehead atoms. The summed E-state index contributed by atoms with van der Waals surface area (Å²) in [4.78, 5) is 26.8. The predicted octanol–water partition coefficient (Wildman–Crippen LogP) is 5.60. The van der Waals surface area contributed by atoms with Crippen molar-refractivity contribution in [3.05, 3.63) is 51.7 Å². The van der Waals surface area contributed by atoms with E-state index < -0.39 is 11.7 Å². The van der Waals surface area contributed by atoms with Crippen molar-refractivity contribution in [3.8, 4) is 0 Å². The van der Waals surface area contributed by atoms with Gasteiger partial charge in [-0.1, -0.05) is 0 Å².